The summed E-state index contributed by atoms with van der Waals surface area (Å²) in [6, 6.07) is 8.69. The molecule has 2 aliphatic rings. The van der Waals surface area contributed by atoms with Crippen molar-refractivity contribution in [2.75, 3.05) is 11.9 Å². The smallest absolute Gasteiger partial charge is 0.416 e. The second kappa shape index (κ2) is 7.85. The summed E-state index contributed by atoms with van der Waals surface area (Å²) in [5, 5.41) is 5.54. The van der Waals surface area contributed by atoms with E-state index < -0.39 is 17.6 Å². The second-order valence-electron chi connectivity index (χ2n) is 7.26. The lowest BCUT2D eigenvalue weighted by Crippen LogP contribution is -2.30. The fourth-order valence-corrected chi connectivity index (χ4v) is 3.62. The van der Waals surface area contributed by atoms with Crippen molar-refractivity contribution in [2.24, 2.45) is 0 Å². The highest BCUT2D eigenvalue weighted by atomic mass is 19.4. The number of halogens is 3. The summed E-state index contributed by atoms with van der Waals surface area (Å²) in [6.07, 6.45) is -1.71. The summed E-state index contributed by atoms with van der Waals surface area (Å²) in [6.45, 7) is 0.739. The molecule has 2 aliphatic heterocycles. The van der Waals surface area contributed by atoms with Crippen LogP contribution < -0.4 is 15.4 Å². The molecule has 0 atom stereocenters. The first kappa shape index (κ1) is 20.0. The number of anilines is 1. The van der Waals surface area contributed by atoms with E-state index in [9.17, 15) is 22.8 Å². The Labute approximate surface area is 170 Å². The molecule has 0 fully saturated rings. The van der Waals surface area contributed by atoms with E-state index in [1.54, 1.807) is 12.1 Å². The van der Waals surface area contributed by atoms with Crippen molar-refractivity contribution >= 4 is 23.1 Å². The zero-order valence-electron chi connectivity index (χ0n) is 15.9. The Hall–Kier alpha value is -3.29. The highest BCUT2D eigenvalue weighted by Gasteiger charge is 2.32. The Morgan fingerprint density at radius 2 is 1.97 bits per heavy atom. The number of hydrogen-bond acceptors (Lipinski definition) is 3. The van der Waals surface area contributed by atoms with E-state index in [2.05, 4.69) is 10.6 Å². The number of ether oxygens (including phenoxy) is 1. The lowest BCUT2D eigenvalue weighted by molar-refractivity contribution is -0.137. The van der Waals surface area contributed by atoms with Crippen molar-refractivity contribution in [1.29, 1.82) is 0 Å². The molecule has 2 amide bonds. The zero-order valence-corrected chi connectivity index (χ0v) is 15.9. The lowest BCUT2D eigenvalue weighted by Gasteiger charge is -2.17. The Kier molecular flexibility index (Phi) is 5.24. The molecule has 2 aromatic carbocycles. The quantitative estimate of drug-likeness (QED) is 0.726. The van der Waals surface area contributed by atoms with Crippen LogP contribution in [0.5, 0.6) is 5.75 Å². The maximum Gasteiger partial charge on any atom is 0.416 e. The largest absolute Gasteiger partial charge is 0.493 e. The average Bonchev–Trinajstić information content (AvgIpc) is 2.88. The number of nitrogens with one attached hydrogen (secondary N) is 2. The van der Waals surface area contributed by atoms with Crippen LogP contribution in [-0.4, -0.2) is 18.4 Å². The molecule has 156 valence electrons. The average molecular weight is 416 g/mol. The summed E-state index contributed by atoms with van der Waals surface area (Å²) in [4.78, 5) is 24.1. The van der Waals surface area contributed by atoms with Crippen molar-refractivity contribution in [1.82, 2.24) is 5.32 Å². The molecular formula is C22H19F3N2O3. The number of allylic oxidation sites excluding steroid dienone is 1. The minimum Gasteiger partial charge on any atom is -0.493 e. The Morgan fingerprint density at radius 3 is 2.77 bits per heavy atom. The lowest BCUT2D eigenvalue weighted by atomic mass is 9.98. The second-order valence-corrected chi connectivity index (χ2v) is 7.26. The predicted octanol–water partition coefficient (Wildman–Crippen LogP) is 4.07. The molecule has 2 heterocycles. The Morgan fingerprint density at radius 1 is 1.13 bits per heavy atom. The van der Waals surface area contributed by atoms with E-state index in [4.69, 9.17) is 4.74 Å². The van der Waals surface area contributed by atoms with Gasteiger partial charge in [-0.15, -0.1) is 0 Å². The minimum atomic E-state index is -4.46. The number of carbonyl (C=O) groups is 2. The van der Waals surface area contributed by atoms with Crippen molar-refractivity contribution in [3.8, 4) is 5.75 Å². The van der Waals surface area contributed by atoms with E-state index in [0.717, 1.165) is 23.3 Å². The van der Waals surface area contributed by atoms with Crippen LogP contribution in [0.3, 0.4) is 0 Å². The first-order valence-electron chi connectivity index (χ1n) is 9.54. The minimum absolute atomic E-state index is 0.0682. The third kappa shape index (κ3) is 4.32. The summed E-state index contributed by atoms with van der Waals surface area (Å²) >= 11 is 0. The van der Waals surface area contributed by atoms with Gasteiger partial charge >= 0.3 is 6.18 Å². The van der Waals surface area contributed by atoms with Crippen LogP contribution in [0.4, 0.5) is 18.9 Å². The van der Waals surface area contributed by atoms with Gasteiger partial charge in [-0.3, -0.25) is 9.59 Å². The van der Waals surface area contributed by atoms with Crippen LogP contribution in [0, 0.1) is 0 Å². The van der Waals surface area contributed by atoms with Gasteiger partial charge in [0, 0.05) is 23.9 Å². The molecule has 0 bridgehead atoms. The molecule has 0 unspecified atom stereocenters. The molecule has 2 N–H and O–H groups in total. The van der Waals surface area contributed by atoms with Crippen molar-refractivity contribution in [3.63, 3.8) is 0 Å². The molecule has 0 saturated heterocycles. The van der Waals surface area contributed by atoms with Gasteiger partial charge < -0.3 is 15.4 Å². The van der Waals surface area contributed by atoms with Crippen LogP contribution in [0.2, 0.25) is 0 Å². The van der Waals surface area contributed by atoms with E-state index in [1.165, 1.54) is 12.1 Å². The predicted molar refractivity (Wildman–Crippen MR) is 105 cm³/mol. The van der Waals surface area contributed by atoms with Gasteiger partial charge in [0.05, 0.1) is 18.6 Å². The van der Waals surface area contributed by atoms with Gasteiger partial charge in [0.1, 0.15) is 5.75 Å². The molecule has 8 heteroatoms. The van der Waals surface area contributed by atoms with Gasteiger partial charge in [-0.2, -0.15) is 13.2 Å². The summed E-state index contributed by atoms with van der Waals surface area (Å²) in [5.74, 6) is -0.333. The number of fused-ring (bicyclic) bond motifs is 2. The van der Waals surface area contributed by atoms with Crippen LogP contribution in [0.1, 0.15) is 35.1 Å². The SMILES string of the molecule is O=C(C=C1CCCOc2cc(C(F)(F)F)ccc21)Nc1ccc2c(c1)CC(=O)NC2. The molecule has 30 heavy (non-hydrogen) atoms. The van der Waals surface area contributed by atoms with Crippen LogP contribution in [0.25, 0.3) is 5.57 Å². The monoisotopic (exact) mass is 416 g/mol. The topological polar surface area (TPSA) is 67.4 Å². The first-order valence-corrected chi connectivity index (χ1v) is 9.54. The first-order chi connectivity index (χ1) is 14.3. The van der Waals surface area contributed by atoms with E-state index in [1.807, 2.05) is 6.07 Å². The Bertz CT molecular complexity index is 1040. The molecule has 0 aliphatic carbocycles. The van der Waals surface area contributed by atoms with Crippen molar-refractivity contribution in [3.05, 3.63) is 64.7 Å². The molecule has 2 aromatic rings. The molecule has 5 nitrogen and oxygen atoms in total. The maximum atomic E-state index is 13.0. The van der Waals surface area contributed by atoms with Crippen molar-refractivity contribution in [2.45, 2.75) is 32.0 Å². The zero-order chi connectivity index (χ0) is 21.3. The highest BCUT2D eigenvalue weighted by Crippen LogP contribution is 2.38. The number of amides is 2. The molecule has 0 spiro atoms. The van der Waals surface area contributed by atoms with Gasteiger partial charge in [-0.25, -0.2) is 0 Å². The number of benzene rings is 2. The molecule has 0 aromatic heterocycles. The van der Waals surface area contributed by atoms with Gasteiger partial charge in [0.2, 0.25) is 11.8 Å². The van der Waals surface area contributed by atoms with E-state index in [-0.39, 0.29) is 24.7 Å². The van der Waals surface area contributed by atoms with Gasteiger partial charge in [0.15, 0.2) is 0 Å². The van der Waals surface area contributed by atoms with E-state index in [0.29, 0.717) is 36.2 Å². The van der Waals surface area contributed by atoms with Crippen LogP contribution >= 0.6 is 0 Å². The van der Waals surface area contributed by atoms with Crippen LogP contribution in [0.15, 0.2) is 42.5 Å². The molecule has 0 saturated carbocycles. The Balaban J connectivity index is 1.57. The van der Waals surface area contributed by atoms with E-state index >= 15 is 0 Å². The van der Waals surface area contributed by atoms with Gasteiger partial charge in [-0.05, 0) is 53.8 Å². The number of carbonyl (C=O) groups excluding carboxylic acids is 2. The summed E-state index contributed by atoms with van der Waals surface area (Å²) in [5.41, 5.74) is 2.73. The van der Waals surface area contributed by atoms with Gasteiger partial charge in [-0.1, -0.05) is 12.1 Å². The molecule has 4 rings (SSSR count). The van der Waals surface area contributed by atoms with Crippen LogP contribution in [-0.2, 0) is 28.7 Å². The van der Waals surface area contributed by atoms with Gasteiger partial charge in [0.25, 0.3) is 0 Å². The normalized spacial score (nSPS) is 17.3. The number of rotatable bonds is 2. The number of alkyl halides is 3. The third-order valence-corrected chi connectivity index (χ3v) is 5.11. The van der Waals surface area contributed by atoms with Crippen molar-refractivity contribution < 1.29 is 27.5 Å². The fraction of sp³-hybridized carbons (Fsp3) is 0.273. The fourth-order valence-electron chi connectivity index (χ4n) is 3.62. The standard InChI is InChI=1S/C22H19F3N2O3/c23-22(24,25)16-4-6-18-13(2-1-7-30-19(18)11-16)9-21(29)27-17-5-3-14-12-26-20(28)10-15(14)8-17/h3-6,8-9,11H,1-2,7,10,12H2,(H,26,28)(H,27,29). The molecular weight excluding hydrogens is 397 g/mol. The number of hydrogen-bond donors (Lipinski definition) is 2. The third-order valence-electron chi connectivity index (χ3n) is 5.11. The maximum absolute atomic E-state index is 13.0. The summed E-state index contributed by atoms with van der Waals surface area (Å²) in [7, 11) is 0. The summed E-state index contributed by atoms with van der Waals surface area (Å²) < 4.78 is 44.5. The highest BCUT2D eigenvalue weighted by molar-refractivity contribution is 6.04. The molecule has 0 radical (unpaired) electrons.